The lowest BCUT2D eigenvalue weighted by Gasteiger charge is -2.22. The van der Waals surface area contributed by atoms with Crippen molar-refractivity contribution in [3.63, 3.8) is 0 Å². The van der Waals surface area contributed by atoms with E-state index < -0.39 is 53.1 Å². The van der Waals surface area contributed by atoms with Gasteiger partial charge in [0.2, 0.25) is 0 Å². The first kappa shape index (κ1) is 40.4. The summed E-state index contributed by atoms with van der Waals surface area (Å²) in [7, 11) is 0. The van der Waals surface area contributed by atoms with Gasteiger partial charge in [0, 0.05) is 24.0 Å². The van der Waals surface area contributed by atoms with Crippen LogP contribution in [0.3, 0.4) is 0 Å². The van der Waals surface area contributed by atoms with Crippen molar-refractivity contribution in [3.05, 3.63) is 69.4 Å². The average Bonchev–Trinajstić information content (AvgIpc) is 2.88. The van der Waals surface area contributed by atoms with Crippen molar-refractivity contribution in [2.75, 3.05) is 17.2 Å². The molecule has 0 aliphatic heterocycles. The van der Waals surface area contributed by atoms with Gasteiger partial charge in [-0.2, -0.15) is 45.5 Å². The van der Waals surface area contributed by atoms with E-state index >= 15 is 0 Å². The zero-order chi connectivity index (χ0) is 34.1. The van der Waals surface area contributed by atoms with Crippen LogP contribution >= 0.6 is 0 Å². The lowest BCUT2D eigenvalue weighted by molar-refractivity contribution is -0.193. The first-order valence-corrected chi connectivity index (χ1v) is 11.8. The Bertz CT molecular complexity index is 1340. The summed E-state index contributed by atoms with van der Waals surface area (Å²) in [5.41, 5.74) is -2.20. The van der Waals surface area contributed by atoms with Crippen LogP contribution in [-0.4, -0.2) is 47.3 Å². The van der Waals surface area contributed by atoms with Crippen LogP contribution in [0.2, 0.25) is 0 Å². The van der Waals surface area contributed by atoms with E-state index in [1.54, 1.807) is 13.8 Å². The smallest absolute Gasteiger partial charge is 0.392 e. The Labute approximate surface area is 243 Å². The molecular weight excluding hydrogens is 590 g/mol. The van der Waals surface area contributed by atoms with E-state index in [9.17, 15) is 31.4 Å². The molecule has 0 saturated heterocycles. The molecule has 0 fully saturated rings. The fraction of sp³-hybridized carbons (Fsp3) is 0.407. The second kappa shape index (κ2) is 18.7. The van der Waals surface area contributed by atoms with Crippen LogP contribution in [0.4, 0.5) is 49.1 Å². The Hall–Kier alpha value is -4.72. The Morgan fingerprint density at radius 2 is 1.12 bits per heavy atom. The maximum absolute atomic E-state index is 13.0. The fourth-order valence-electron chi connectivity index (χ4n) is 3.27. The second-order valence-electron chi connectivity index (χ2n) is 8.55. The molecule has 0 bridgehead atoms. The van der Waals surface area contributed by atoms with Crippen molar-refractivity contribution in [2.45, 2.75) is 65.2 Å². The highest BCUT2D eigenvalue weighted by Gasteiger charge is 2.37. The van der Waals surface area contributed by atoms with Crippen LogP contribution in [-0.2, 0) is 31.5 Å². The first-order chi connectivity index (χ1) is 19.8. The Morgan fingerprint density at radius 3 is 1.42 bits per heavy atom. The molecule has 0 radical (unpaired) electrons. The summed E-state index contributed by atoms with van der Waals surface area (Å²) in [5, 5.41) is 24.0. The molecule has 0 saturated carbocycles. The number of hydrogen-bond acceptors (Lipinski definition) is 8. The molecule has 0 unspecified atom stereocenters. The molecule has 2 aromatic carbocycles. The number of hydrogen-bond donors (Lipinski definition) is 4. The van der Waals surface area contributed by atoms with Gasteiger partial charge in [0.05, 0.1) is 36.5 Å². The van der Waals surface area contributed by atoms with E-state index in [1.807, 2.05) is 0 Å². The van der Waals surface area contributed by atoms with Crippen LogP contribution in [0.1, 0.15) is 43.0 Å². The SMILES string of the molecule is O=C=O.O=C=O.[C-]#[N+]c1ccc(NC[C@H](C)O)c(C)c1C(F)(F)F.[C-]#[N+]c1ccc(N[C@@H](C)[C@H](C)O)c(C)c1C(F)(F)F. The highest BCUT2D eigenvalue weighted by atomic mass is 19.4. The number of nitrogens with zero attached hydrogens (tertiary/aromatic N) is 2. The molecule has 0 aromatic heterocycles. The maximum Gasteiger partial charge on any atom is 0.407 e. The van der Waals surface area contributed by atoms with E-state index in [1.165, 1.54) is 32.9 Å². The molecule has 4 N–H and O–H groups in total. The molecular formula is C27H28F6N4O6. The number of anilines is 2. The number of carbonyl (C=O) groups excluding carboxylic acids is 4. The van der Waals surface area contributed by atoms with Gasteiger partial charge in [-0.3, -0.25) is 0 Å². The molecule has 0 spiro atoms. The Kier molecular flexibility index (Phi) is 17.5. The minimum absolute atomic E-state index is 0.0309. The number of rotatable bonds is 6. The first-order valence-electron chi connectivity index (χ1n) is 11.8. The van der Waals surface area contributed by atoms with Gasteiger partial charge in [0.1, 0.15) is 0 Å². The van der Waals surface area contributed by atoms with E-state index in [2.05, 4.69) is 20.3 Å². The average molecular weight is 619 g/mol. The van der Waals surface area contributed by atoms with Crippen LogP contribution in [0.15, 0.2) is 24.3 Å². The standard InChI is InChI=1S/C13H15F3N2O.C12H13F3N2O.2CO2/c1-7-10(18-8(2)9(3)19)5-6-11(17-4)12(7)13(14,15)16;1-7(18)6-17-9-4-5-10(16-3)11(8(9)2)12(13,14)15;2*2-1-3/h5-6,8-9,18-19H,1-3H3;4-5,7,17-18H,6H2,1-2H3;;/t8-,9-;7-;;/m00../s1. The minimum Gasteiger partial charge on any atom is -0.392 e. The molecule has 10 nitrogen and oxygen atoms in total. The molecule has 2 aromatic rings. The van der Waals surface area contributed by atoms with E-state index in [-0.39, 0.29) is 41.3 Å². The molecule has 0 amide bonds. The summed E-state index contributed by atoms with van der Waals surface area (Å²) >= 11 is 0. The molecule has 43 heavy (non-hydrogen) atoms. The summed E-state index contributed by atoms with van der Waals surface area (Å²) < 4.78 is 77.4. The van der Waals surface area contributed by atoms with Gasteiger partial charge >= 0.3 is 24.7 Å². The zero-order valence-electron chi connectivity index (χ0n) is 23.4. The minimum atomic E-state index is -4.57. The summed E-state index contributed by atoms with van der Waals surface area (Å²) in [6.45, 7) is 21.1. The molecule has 3 atom stereocenters. The van der Waals surface area contributed by atoms with Crippen molar-refractivity contribution in [1.29, 1.82) is 0 Å². The van der Waals surface area contributed by atoms with E-state index in [4.69, 9.17) is 37.4 Å². The quantitative estimate of drug-likeness (QED) is 0.231. The topological polar surface area (TPSA) is 142 Å². The normalized spacial score (nSPS) is 12.3. The number of alkyl halides is 6. The number of aliphatic hydroxyl groups excluding tert-OH is 2. The third kappa shape index (κ3) is 13.7. The third-order valence-corrected chi connectivity index (χ3v) is 5.39. The summed E-state index contributed by atoms with van der Waals surface area (Å²) in [4.78, 5) is 38.3. The number of halogens is 6. The maximum atomic E-state index is 13.0. The molecule has 16 heteroatoms. The van der Waals surface area contributed by atoms with Crippen LogP contribution in [0.5, 0.6) is 0 Å². The number of aliphatic hydroxyl groups is 2. The molecule has 0 aliphatic carbocycles. The van der Waals surface area contributed by atoms with Crippen molar-refractivity contribution in [1.82, 2.24) is 0 Å². The molecule has 2 rings (SSSR count). The lowest BCUT2D eigenvalue weighted by atomic mass is 10.0. The van der Waals surface area contributed by atoms with Gasteiger partial charge in [-0.05, 0) is 57.9 Å². The highest BCUT2D eigenvalue weighted by Crippen LogP contribution is 2.42. The predicted octanol–water partition coefficient (Wildman–Crippen LogP) is 5.94. The summed E-state index contributed by atoms with van der Waals surface area (Å²) in [6.07, 6.45) is -10.0. The van der Waals surface area contributed by atoms with Crippen molar-refractivity contribution < 1.29 is 55.7 Å². The van der Waals surface area contributed by atoms with Crippen molar-refractivity contribution >= 4 is 35.1 Å². The Morgan fingerprint density at radius 1 is 0.767 bits per heavy atom. The van der Waals surface area contributed by atoms with Gasteiger partial charge in [0.15, 0.2) is 11.4 Å². The van der Waals surface area contributed by atoms with Gasteiger partial charge in [-0.25, -0.2) is 9.69 Å². The summed E-state index contributed by atoms with van der Waals surface area (Å²) in [5.74, 6) is 0. The highest BCUT2D eigenvalue weighted by molar-refractivity contribution is 5.68. The van der Waals surface area contributed by atoms with Gasteiger partial charge in [-0.15, -0.1) is 0 Å². The van der Waals surface area contributed by atoms with Crippen molar-refractivity contribution in [2.24, 2.45) is 0 Å². The lowest BCUT2D eigenvalue weighted by Crippen LogP contribution is -2.28. The zero-order valence-corrected chi connectivity index (χ0v) is 23.4. The van der Waals surface area contributed by atoms with Crippen LogP contribution in [0, 0.1) is 27.0 Å². The molecule has 234 valence electrons. The second-order valence-corrected chi connectivity index (χ2v) is 8.55. The fourth-order valence-corrected chi connectivity index (χ4v) is 3.27. The third-order valence-electron chi connectivity index (χ3n) is 5.39. The monoisotopic (exact) mass is 618 g/mol. The van der Waals surface area contributed by atoms with Gasteiger partial charge in [-0.1, -0.05) is 12.1 Å². The summed E-state index contributed by atoms with van der Waals surface area (Å²) in [6, 6.07) is 4.73. The molecule has 0 aliphatic rings. The van der Waals surface area contributed by atoms with E-state index in [0.29, 0.717) is 0 Å². The largest absolute Gasteiger partial charge is 0.407 e. The molecule has 0 heterocycles. The van der Waals surface area contributed by atoms with Crippen LogP contribution < -0.4 is 10.6 Å². The van der Waals surface area contributed by atoms with Crippen LogP contribution in [0.25, 0.3) is 9.69 Å². The van der Waals surface area contributed by atoms with E-state index in [0.717, 1.165) is 12.1 Å². The number of benzene rings is 2. The number of nitrogens with one attached hydrogen (secondary N) is 2. The van der Waals surface area contributed by atoms with Gasteiger partial charge in [0.25, 0.3) is 0 Å². The van der Waals surface area contributed by atoms with Crippen molar-refractivity contribution in [3.8, 4) is 0 Å². The van der Waals surface area contributed by atoms with Gasteiger partial charge < -0.3 is 20.8 Å². The Balaban J connectivity index is 0. The predicted molar refractivity (Wildman–Crippen MR) is 140 cm³/mol.